The molecular formula is C16H18FNO2S. The van der Waals surface area contributed by atoms with E-state index in [-0.39, 0.29) is 16.8 Å². The predicted octanol–water partition coefficient (Wildman–Crippen LogP) is 3.71. The van der Waals surface area contributed by atoms with Crippen LogP contribution >= 0.6 is 0 Å². The van der Waals surface area contributed by atoms with Crippen LogP contribution in [0.4, 0.5) is 10.1 Å². The van der Waals surface area contributed by atoms with Crippen molar-refractivity contribution in [3.63, 3.8) is 0 Å². The molecular weight excluding hydrogens is 289 g/mol. The van der Waals surface area contributed by atoms with Crippen molar-refractivity contribution in [2.75, 3.05) is 11.6 Å². The van der Waals surface area contributed by atoms with Gasteiger partial charge in [0.15, 0.2) is 9.84 Å². The Bertz CT molecular complexity index is 757. The van der Waals surface area contributed by atoms with Crippen molar-refractivity contribution in [2.45, 2.75) is 24.8 Å². The lowest BCUT2D eigenvalue weighted by molar-refractivity contribution is 0.601. The van der Waals surface area contributed by atoms with Gasteiger partial charge in [0.2, 0.25) is 0 Å². The Balaban J connectivity index is 2.32. The van der Waals surface area contributed by atoms with Crippen LogP contribution in [-0.2, 0) is 9.84 Å². The molecule has 0 amide bonds. The summed E-state index contributed by atoms with van der Waals surface area (Å²) >= 11 is 0. The first kappa shape index (κ1) is 15.5. The van der Waals surface area contributed by atoms with Crippen LogP contribution in [0.3, 0.4) is 0 Å². The summed E-state index contributed by atoms with van der Waals surface area (Å²) < 4.78 is 37.2. The lowest BCUT2D eigenvalue weighted by Crippen LogP contribution is -2.10. The standard InChI is InChI=1S/C16H18FNO2S/c1-11-8-9-13(10-14(11)17)12(2)18-15-6-4-5-7-16(15)21(3,19)20/h4-10,12,18H,1-3H3. The first-order chi connectivity index (χ1) is 9.79. The van der Waals surface area contributed by atoms with Crippen molar-refractivity contribution in [3.05, 3.63) is 59.4 Å². The topological polar surface area (TPSA) is 46.2 Å². The lowest BCUT2D eigenvalue weighted by Gasteiger charge is -2.18. The fourth-order valence-electron chi connectivity index (χ4n) is 2.10. The molecule has 1 unspecified atom stereocenters. The van der Waals surface area contributed by atoms with E-state index in [4.69, 9.17) is 0 Å². The van der Waals surface area contributed by atoms with Crippen LogP contribution in [-0.4, -0.2) is 14.7 Å². The number of benzene rings is 2. The van der Waals surface area contributed by atoms with Crippen LogP contribution < -0.4 is 5.32 Å². The quantitative estimate of drug-likeness (QED) is 0.936. The van der Waals surface area contributed by atoms with E-state index in [2.05, 4.69) is 5.32 Å². The Morgan fingerprint density at radius 2 is 1.81 bits per heavy atom. The van der Waals surface area contributed by atoms with Crippen molar-refractivity contribution in [3.8, 4) is 0 Å². The second-order valence-electron chi connectivity index (χ2n) is 5.14. The third kappa shape index (κ3) is 3.61. The van der Waals surface area contributed by atoms with E-state index in [1.54, 1.807) is 37.3 Å². The van der Waals surface area contributed by atoms with Crippen LogP contribution in [0, 0.1) is 12.7 Å². The molecule has 0 heterocycles. The largest absolute Gasteiger partial charge is 0.377 e. The zero-order valence-electron chi connectivity index (χ0n) is 12.2. The molecule has 5 heteroatoms. The molecule has 0 spiro atoms. The van der Waals surface area contributed by atoms with E-state index in [0.717, 1.165) is 5.56 Å². The van der Waals surface area contributed by atoms with Gasteiger partial charge >= 0.3 is 0 Å². The van der Waals surface area contributed by atoms with Gasteiger partial charge in [0.05, 0.1) is 10.6 Å². The van der Waals surface area contributed by atoms with Gasteiger partial charge in [-0.1, -0.05) is 24.3 Å². The Kier molecular flexibility index (Phi) is 4.32. The lowest BCUT2D eigenvalue weighted by atomic mass is 10.1. The SMILES string of the molecule is Cc1ccc(C(C)Nc2ccccc2S(C)(=O)=O)cc1F. The normalized spacial score (nSPS) is 13.0. The highest BCUT2D eigenvalue weighted by molar-refractivity contribution is 7.90. The predicted molar refractivity (Wildman–Crippen MR) is 82.7 cm³/mol. The Morgan fingerprint density at radius 1 is 1.14 bits per heavy atom. The average Bonchev–Trinajstić information content (AvgIpc) is 2.41. The molecule has 1 N–H and O–H groups in total. The third-order valence-electron chi connectivity index (χ3n) is 3.35. The van der Waals surface area contributed by atoms with Gasteiger partial charge in [-0.2, -0.15) is 0 Å². The molecule has 0 radical (unpaired) electrons. The fraction of sp³-hybridized carbons (Fsp3) is 0.250. The molecule has 2 rings (SSSR count). The molecule has 0 aromatic heterocycles. The summed E-state index contributed by atoms with van der Waals surface area (Å²) in [5.74, 6) is -0.266. The van der Waals surface area contributed by atoms with Crippen LogP contribution in [0.5, 0.6) is 0 Å². The van der Waals surface area contributed by atoms with Crippen LogP contribution in [0.25, 0.3) is 0 Å². The summed E-state index contributed by atoms with van der Waals surface area (Å²) in [6.45, 7) is 3.57. The van der Waals surface area contributed by atoms with E-state index in [1.165, 1.54) is 12.3 Å². The van der Waals surface area contributed by atoms with Crippen molar-refractivity contribution < 1.29 is 12.8 Å². The molecule has 0 saturated heterocycles. The minimum absolute atomic E-state index is 0.206. The molecule has 0 bridgehead atoms. The highest BCUT2D eigenvalue weighted by Crippen LogP contribution is 2.26. The number of aryl methyl sites for hydroxylation is 1. The van der Waals surface area contributed by atoms with Gasteiger partial charge in [-0.05, 0) is 43.2 Å². The number of anilines is 1. The van der Waals surface area contributed by atoms with E-state index in [0.29, 0.717) is 11.3 Å². The molecule has 1 atom stereocenters. The second kappa shape index (κ2) is 5.85. The van der Waals surface area contributed by atoms with Crippen molar-refractivity contribution >= 4 is 15.5 Å². The fourth-order valence-corrected chi connectivity index (χ4v) is 2.96. The van der Waals surface area contributed by atoms with E-state index in [1.807, 2.05) is 13.0 Å². The van der Waals surface area contributed by atoms with Gasteiger partial charge in [-0.25, -0.2) is 12.8 Å². The maximum atomic E-state index is 13.6. The molecule has 0 aliphatic heterocycles. The van der Waals surface area contributed by atoms with Gasteiger partial charge in [0.25, 0.3) is 0 Å². The number of halogens is 1. The van der Waals surface area contributed by atoms with Crippen LogP contribution in [0.2, 0.25) is 0 Å². The van der Waals surface area contributed by atoms with Crippen molar-refractivity contribution in [1.29, 1.82) is 0 Å². The first-order valence-electron chi connectivity index (χ1n) is 6.60. The van der Waals surface area contributed by atoms with Gasteiger partial charge < -0.3 is 5.32 Å². The number of rotatable bonds is 4. The minimum Gasteiger partial charge on any atom is -0.377 e. The number of sulfone groups is 1. The van der Waals surface area contributed by atoms with Gasteiger partial charge in [0, 0.05) is 12.3 Å². The molecule has 21 heavy (non-hydrogen) atoms. The average molecular weight is 307 g/mol. The Labute approximate surface area is 124 Å². The number of para-hydroxylation sites is 1. The van der Waals surface area contributed by atoms with E-state index >= 15 is 0 Å². The number of hydrogen-bond acceptors (Lipinski definition) is 3. The first-order valence-corrected chi connectivity index (χ1v) is 8.50. The van der Waals surface area contributed by atoms with Crippen molar-refractivity contribution in [1.82, 2.24) is 0 Å². The zero-order chi connectivity index (χ0) is 15.6. The summed E-state index contributed by atoms with van der Waals surface area (Å²) in [6.07, 6.45) is 1.17. The monoisotopic (exact) mass is 307 g/mol. The highest BCUT2D eigenvalue weighted by atomic mass is 32.2. The summed E-state index contributed by atoms with van der Waals surface area (Å²) in [4.78, 5) is 0.240. The molecule has 112 valence electrons. The molecule has 0 fully saturated rings. The molecule has 3 nitrogen and oxygen atoms in total. The Morgan fingerprint density at radius 3 is 2.43 bits per heavy atom. The minimum atomic E-state index is -3.31. The third-order valence-corrected chi connectivity index (χ3v) is 4.51. The van der Waals surface area contributed by atoms with Gasteiger partial charge in [-0.3, -0.25) is 0 Å². The summed E-state index contributed by atoms with van der Waals surface area (Å²) in [7, 11) is -3.31. The number of nitrogens with one attached hydrogen (secondary N) is 1. The second-order valence-corrected chi connectivity index (χ2v) is 7.13. The van der Waals surface area contributed by atoms with Crippen molar-refractivity contribution in [2.24, 2.45) is 0 Å². The highest BCUT2D eigenvalue weighted by Gasteiger charge is 2.15. The van der Waals surface area contributed by atoms with Gasteiger partial charge in [0.1, 0.15) is 5.82 Å². The molecule has 0 saturated carbocycles. The maximum absolute atomic E-state index is 13.6. The zero-order valence-corrected chi connectivity index (χ0v) is 13.0. The van der Waals surface area contributed by atoms with Crippen LogP contribution in [0.1, 0.15) is 24.1 Å². The maximum Gasteiger partial charge on any atom is 0.177 e. The summed E-state index contributed by atoms with van der Waals surface area (Å²) in [5, 5.41) is 3.13. The molecule has 0 aliphatic carbocycles. The van der Waals surface area contributed by atoms with Crippen LogP contribution in [0.15, 0.2) is 47.4 Å². The molecule has 2 aromatic rings. The summed E-state index contributed by atoms with van der Waals surface area (Å²) in [5.41, 5.74) is 1.87. The van der Waals surface area contributed by atoms with E-state index in [9.17, 15) is 12.8 Å². The van der Waals surface area contributed by atoms with E-state index < -0.39 is 9.84 Å². The molecule has 2 aromatic carbocycles. The Hall–Kier alpha value is -1.88. The smallest absolute Gasteiger partial charge is 0.177 e. The molecule has 0 aliphatic rings. The number of hydrogen-bond donors (Lipinski definition) is 1. The summed E-state index contributed by atoms with van der Waals surface area (Å²) in [6, 6.07) is 11.5. The van der Waals surface area contributed by atoms with Gasteiger partial charge in [-0.15, -0.1) is 0 Å².